The molecule has 0 aromatic carbocycles. The standard InChI is InChI=1S/C23H38N4O6/c1-23(2,3)33-22(31)26-10-8-16(9-11-26)4-7-19(20(29)25-15-28)21(30)32-18-6-5-17-12-24-14-27(17)13-18/h15-19,24H,4-14H2,1-3H3,(H,25,28,29). The number of nitrogens with one attached hydrogen (secondary N) is 2. The summed E-state index contributed by atoms with van der Waals surface area (Å²) in [6.45, 7) is 9.10. The van der Waals surface area contributed by atoms with Gasteiger partial charge in [-0.3, -0.25) is 24.6 Å². The number of carbonyl (C=O) groups excluding carboxylic acids is 4. The molecule has 0 aromatic rings. The highest BCUT2D eigenvalue weighted by atomic mass is 16.6. The summed E-state index contributed by atoms with van der Waals surface area (Å²) in [4.78, 5) is 52.3. The molecule has 0 bridgehead atoms. The second-order valence-corrected chi connectivity index (χ2v) is 10.3. The van der Waals surface area contributed by atoms with E-state index in [4.69, 9.17) is 9.47 Å². The largest absolute Gasteiger partial charge is 0.460 e. The maximum Gasteiger partial charge on any atom is 0.410 e. The van der Waals surface area contributed by atoms with Crippen LogP contribution in [0, 0.1) is 11.8 Å². The number of ether oxygens (including phenoxy) is 2. The third-order valence-corrected chi connectivity index (χ3v) is 6.69. The Morgan fingerprint density at radius 3 is 2.55 bits per heavy atom. The van der Waals surface area contributed by atoms with Gasteiger partial charge in [0.2, 0.25) is 12.3 Å². The average molecular weight is 467 g/mol. The van der Waals surface area contributed by atoms with Gasteiger partial charge in [-0.2, -0.15) is 0 Å². The molecule has 0 aliphatic carbocycles. The van der Waals surface area contributed by atoms with Crippen LogP contribution in [0.25, 0.3) is 0 Å². The zero-order valence-corrected chi connectivity index (χ0v) is 20.0. The summed E-state index contributed by atoms with van der Waals surface area (Å²) in [5.74, 6) is -1.89. The molecule has 3 rings (SSSR count). The van der Waals surface area contributed by atoms with E-state index in [1.54, 1.807) is 4.90 Å². The molecule has 3 aliphatic rings. The molecule has 2 N–H and O–H groups in total. The van der Waals surface area contributed by atoms with Crippen LogP contribution in [0.5, 0.6) is 0 Å². The van der Waals surface area contributed by atoms with Gasteiger partial charge in [0.1, 0.15) is 17.6 Å². The summed E-state index contributed by atoms with van der Waals surface area (Å²) in [6, 6.07) is 0.487. The van der Waals surface area contributed by atoms with Gasteiger partial charge in [0.05, 0.1) is 0 Å². The van der Waals surface area contributed by atoms with Crippen LogP contribution in [0.1, 0.15) is 59.3 Å². The molecule has 10 nitrogen and oxygen atoms in total. The van der Waals surface area contributed by atoms with Crippen LogP contribution >= 0.6 is 0 Å². The molecular formula is C23H38N4O6. The van der Waals surface area contributed by atoms with Crippen molar-refractivity contribution in [2.45, 2.75) is 77.0 Å². The fourth-order valence-corrected chi connectivity index (χ4v) is 4.85. The Morgan fingerprint density at radius 2 is 1.88 bits per heavy atom. The summed E-state index contributed by atoms with van der Waals surface area (Å²) in [5.41, 5.74) is -0.530. The van der Waals surface area contributed by atoms with Crippen molar-refractivity contribution in [2.24, 2.45) is 11.8 Å². The van der Waals surface area contributed by atoms with Gasteiger partial charge in [0.25, 0.3) is 0 Å². The molecular weight excluding hydrogens is 428 g/mol. The Morgan fingerprint density at radius 1 is 1.15 bits per heavy atom. The number of hydrogen-bond acceptors (Lipinski definition) is 8. The number of hydrogen-bond donors (Lipinski definition) is 2. The van der Waals surface area contributed by atoms with Crippen molar-refractivity contribution in [2.75, 3.05) is 32.8 Å². The molecule has 3 amide bonds. The van der Waals surface area contributed by atoms with Gasteiger partial charge in [-0.1, -0.05) is 0 Å². The van der Waals surface area contributed by atoms with E-state index in [2.05, 4.69) is 15.5 Å². The summed E-state index contributed by atoms with van der Waals surface area (Å²) < 4.78 is 11.1. The van der Waals surface area contributed by atoms with E-state index in [0.29, 0.717) is 44.9 Å². The van der Waals surface area contributed by atoms with Crippen LogP contribution in [0.2, 0.25) is 0 Å². The highest BCUT2D eigenvalue weighted by Gasteiger charge is 2.36. The van der Waals surface area contributed by atoms with Crippen LogP contribution < -0.4 is 10.6 Å². The maximum absolute atomic E-state index is 12.9. The van der Waals surface area contributed by atoms with E-state index >= 15 is 0 Å². The smallest absolute Gasteiger partial charge is 0.410 e. The number of fused-ring (bicyclic) bond motifs is 1. The molecule has 3 aliphatic heterocycles. The normalized spacial score (nSPS) is 25.1. The Balaban J connectivity index is 1.48. The molecule has 3 fully saturated rings. The first-order chi connectivity index (χ1) is 15.7. The summed E-state index contributed by atoms with van der Waals surface area (Å²) in [6.07, 6.45) is 4.01. The molecule has 186 valence electrons. The molecule has 3 unspecified atom stereocenters. The highest BCUT2D eigenvalue weighted by molar-refractivity contribution is 6.01. The van der Waals surface area contributed by atoms with Gasteiger partial charge >= 0.3 is 12.1 Å². The minimum Gasteiger partial charge on any atom is -0.460 e. The van der Waals surface area contributed by atoms with Crippen molar-refractivity contribution in [1.29, 1.82) is 0 Å². The molecule has 3 atom stereocenters. The summed E-state index contributed by atoms with van der Waals surface area (Å²) in [5, 5.41) is 5.45. The molecule has 0 spiro atoms. The Kier molecular flexibility index (Phi) is 8.69. The Hall–Kier alpha value is -2.20. The van der Waals surface area contributed by atoms with Gasteiger partial charge in [-0.05, 0) is 65.2 Å². The monoisotopic (exact) mass is 466 g/mol. The third-order valence-electron chi connectivity index (χ3n) is 6.69. The number of likely N-dealkylation sites (tertiary alicyclic amines) is 1. The number of nitrogens with zero attached hydrogens (tertiary/aromatic N) is 2. The van der Waals surface area contributed by atoms with E-state index in [1.165, 1.54) is 0 Å². The van der Waals surface area contributed by atoms with Crippen molar-refractivity contribution < 1.29 is 28.7 Å². The van der Waals surface area contributed by atoms with Gasteiger partial charge in [0, 0.05) is 38.9 Å². The number of piperidine rings is 2. The minimum absolute atomic E-state index is 0.239. The lowest BCUT2D eigenvalue weighted by molar-refractivity contribution is -0.160. The Labute approximate surface area is 195 Å². The fourth-order valence-electron chi connectivity index (χ4n) is 4.85. The number of carbonyl (C=O) groups is 4. The quantitative estimate of drug-likeness (QED) is 0.327. The van der Waals surface area contributed by atoms with E-state index in [-0.39, 0.29) is 18.1 Å². The first kappa shape index (κ1) is 25.4. The average Bonchev–Trinajstić information content (AvgIpc) is 3.21. The summed E-state index contributed by atoms with van der Waals surface area (Å²) >= 11 is 0. The van der Waals surface area contributed by atoms with Crippen LogP contribution in [0.15, 0.2) is 0 Å². The van der Waals surface area contributed by atoms with E-state index < -0.39 is 23.4 Å². The topological polar surface area (TPSA) is 117 Å². The van der Waals surface area contributed by atoms with E-state index in [9.17, 15) is 19.2 Å². The minimum atomic E-state index is -1.01. The van der Waals surface area contributed by atoms with E-state index in [0.717, 1.165) is 38.9 Å². The zero-order chi connectivity index (χ0) is 24.0. The molecule has 3 saturated heterocycles. The van der Waals surface area contributed by atoms with Crippen molar-refractivity contribution >= 4 is 24.4 Å². The first-order valence-electron chi connectivity index (χ1n) is 12.0. The molecule has 0 aromatic heterocycles. The van der Waals surface area contributed by atoms with E-state index in [1.807, 2.05) is 20.8 Å². The Bertz CT molecular complexity index is 716. The fraction of sp³-hybridized carbons (Fsp3) is 0.826. The van der Waals surface area contributed by atoms with Gasteiger partial charge in [-0.15, -0.1) is 0 Å². The van der Waals surface area contributed by atoms with Gasteiger partial charge in [0.15, 0.2) is 0 Å². The van der Waals surface area contributed by atoms with Crippen molar-refractivity contribution in [1.82, 2.24) is 20.4 Å². The van der Waals surface area contributed by atoms with Crippen molar-refractivity contribution in [3.63, 3.8) is 0 Å². The predicted octanol–water partition coefficient (Wildman–Crippen LogP) is 1.24. The number of amides is 3. The molecule has 33 heavy (non-hydrogen) atoms. The van der Waals surface area contributed by atoms with Crippen LogP contribution in [-0.4, -0.2) is 84.8 Å². The first-order valence-corrected chi connectivity index (χ1v) is 12.0. The van der Waals surface area contributed by atoms with Gasteiger partial charge in [-0.25, -0.2) is 4.79 Å². The van der Waals surface area contributed by atoms with Crippen molar-refractivity contribution in [3.05, 3.63) is 0 Å². The van der Waals surface area contributed by atoms with Crippen LogP contribution in [0.4, 0.5) is 4.79 Å². The zero-order valence-electron chi connectivity index (χ0n) is 20.0. The third kappa shape index (κ3) is 7.40. The predicted molar refractivity (Wildman–Crippen MR) is 120 cm³/mol. The number of rotatable bonds is 7. The van der Waals surface area contributed by atoms with Crippen LogP contribution in [-0.2, 0) is 23.9 Å². The van der Waals surface area contributed by atoms with Crippen LogP contribution in [0.3, 0.4) is 0 Å². The maximum atomic E-state index is 12.9. The lowest BCUT2D eigenvalue weighted by Crippen LogP contribution is -2.46. The highest BCUT2D eigenvalue weighted by Crippen LogP contribution is 2.27. The SMILES string of the molecule is CC(C)(C)OC(=O)N1CCC(CCC(C(=O)NC=O)C(=O)OC2CCC3CNCN3C2)CC1. The summed E-state index contributed by atoms with van der Waals surface area (Å²) in [7, 11) is 0. The number of imide groups is 1. The molecule has 3 heterocycles. The second-order valence-electron chi connectivity index (χ2n) is 10.3. The lowest BCUT2D eigenvalue weighted by atomic mass is 9.88. The molecule has 10 heteroatoms. The molecule has 0 radical (unpaired) electrons. The lowest BCUT2D eigenvalue weighted by Gasteiger charge is -2.34. The van der Waals surface area contributed by atoms with Gasteiger partial charge < -0.3 is 19.7 Å². The molecule has 0 saturated carbocycles. The second kappa shape index (κ2) is 11.3. The number of esters is 1. The van der Waals surface area contributed by atoms with Crippen molar-refractivity contribution in [3.8, 4) is 0 Å².